The van der Waals surface area contributed by atoms with Gasteiger partial charge in [0.05, 0.1) is 19.0 Å². The SMILES string of the molecule is COc1cnccc1-c1cccc(C)n1. The van der Waals surface area contributed by atoms with Gasteiger partial charge in [-0.25, -0.2) is 0 Å². The summed E-state index contributed by atoms with van der Waals surface area (Å²) in [6, 6.07) is 7.82. The lowest BCUT2D eigenvalue weighted by atomic mass is 10.1. The van der Waals surface area contributed by atoms with E-state index in [1.165, 1.54) is 0 Å². The Morgan fingerprint density at radius 2 is 2.07 bits per heavy atom. The van der Waals surface area contributed by atoms with Crippen LogP contribution in [0.2, 0.25) is 0 Å². The molecule has 2 aromatic heterocycles. The number of aryl methyl sites for hydroxylation is 1. The van der Waals surface area contributed by atoms with E-state index in [9.17, 15) is 0 Å². The van der Waals surface area contributed by atoms with Crippen LogP contribution in [0.25, 0.3) is 11.3 Å². The van der Waals surface area contributed by atoms with Crippen molar-refractivity contribution in [1.82, 2.24) is 9.97 Å². The molecule has 2 rings (SSSR count). The third-order valence-corrected chi connectivity index (χ3v) is 2.17. The van der Waals surface area contributed by atoms with Gasteiger partial charge in [-0.3, -0.25) is 9.97 Å². The summed E-state index contributed by atoms with van der Waals surface area (Å²) >= 11 is 0. The van der Waals surface area contributed by atoms with Gasteiger partial charge in [-0.2, -0.15) is 0 Å². The lowest BCUT2D eigenvalue weighted by Gasteiger charge is -2.06. The average Bonchev–Trinajstić information content (AvgIpc) is 2.29. The van der Waals surface area contributed by atoms with E-state index in [1.807, 2.05) is 31.2 Å². The van der Waals surface area contributed by atoms with Gasteiger partial charge >= 0.3 is 0 Å². The quantitative estimate of drug-likeness (QED) is 0.747. The Bertz CT molecular complexity index is 469. The predicted molar refractivity (Wildman–Crippen MR) is 58.8 cm³/mol. The Labute approximate surface area is 88.8 Å². The number of hydrogen-bond donors (Lipinski definition) is 0. The van der Waals surface area contributed by atoms with E-state index in [4.69, 9.17) is 4.74 Å². The van der Waals surface area contributed by atoms with Gasteiger partial charge < -0.3 is 4.74 Å². The molecule has 0 N–H and O–H groups in total. The van der Waals surface area contributed by atoms with Crippen molar-refractivity contribution < 1.29 is 4.74 Å². The summed E-state index contributed by atoms with van der Waals surface area (Å²) in [6.07, 6.45) is 3.43. The lowest BCUT2D eigenvalue weighted by Crippen LogP contribution is -1.91. The summed E-state index contributed by atoms with van der Waals surface area (Å²) < 4.78 is 5.24. The van der Waals surface area contributed by atoms with Gasteiger partial charge in [-0.15, -0.1) is 0 Å². The molecule has 3 heteroatoms. The molecule has 0 aromatic carbocycles. The molecule has 0 radical (unpaired) electrons. The standard InChI is InChI=1S/C12H12N2O/c1-9-4-3-5-11(14-9)10-6-7-13-8-12(10)15-2/h3-8H,1-2H3. The first-order chi connectivity index (χ1) is 7.31. The molecular formula is C12H12N2O. The Hall–Kier alpha value is -1.90. The molecule has 15 heavy (non-hydrogen) atoms. The van der Waals surface area contributed by atoms with Gasteiger partial charge in [-0.05, 0) is 25.1 Å². The van der Waals surface area contributed by atoms with Crippen molar-refractivity contribution in [1.29, 1.82) is 0 Å². The fourth-order valence-corrected chi connectivity index (χ4v) is 1.45. The molecule has 0 aliphatic carbocycles. The van der Waals surface area contributed by atoms with Gasteiger partial charge in [0.1, 0.15) is 5.75 Å². The highest BCUT2D eigenvalue weighted by Crippen LogP contribution is 2.26. The first-order valence-electron chi connectivity index (χ1n) is 4.73. The zero-order valence-electron chi connectivity index (χ0n) is 8.77. The van der Waals surface area contributed by atoms with E-state index in [-0.39, 0.29) is 0 Å². The van der Waals surface area contributed by atoms with E-state index in [2.05, 4.69) is 9.97 Å². The fourth-order valence-electron chi connectivity index (χ4n) is 1.45. The minimum atomic E-state index is 0.746. The van der Waals surface area contributed by atoms with Crippen LogP contribution < -0.4 is 4.74 Å². The molecule has 3 nitrogen and oxygen atoms in total. The molecule has 76 valence electrons. The third-order valence-electron chi connectivity index (χ3n) is 2.17. The summed E-state index contributed by atoms with van der Waals surface area (Å²) in [6.45, 7) is 1.97. The molecule has 0 fully saturated rings. The maximum Gasteiger partial charge on any atom is 0.146 e. The molecule has 0 saturated carbocycles. The van der Waals surface area contributed by atoms with Crippen molar-refractivity contribution in [3.05, 3.63) is 42.4 Å². The van der Waals surface area contributed by atoms with Crippen LogP contribution >= 0.6 is 0 Å². The van der Waals surface area contributed by atoms with Crippen LogP contribution in [-0.2, 0) is 0 Å². The highest BCUT2D eigenvalue weighted by atomic mass is 16.5. The molecule has 0 bridgehead atoms. The van der Waals surface area contributed by atoms with Gasteiger partial charge in [0, 0.05) is 17.5 Å². The highest BCUT2D eigenvalue weighted by molar-refractivity contribution is 5.66. The molecule has 2 aromatic rings. The van der Waals surface area contributed by atoms with Crippen molar-refractivity contribution in [2.24, 2.45) is 0 Å². The normalized spacial score (nSPS) is 10.0. The Balaban J connectivity index is 2.53. The largest absolute Gasteiger partial charge is 0.494 e. The molecule has 0 unspecified atom stereocenters. The number of aromatic nitrogens is 2. The second kappa shape index (κ2) is 4.09. The summed E-state index contributed by atoms with van der Waals surface area (Å²) in [5.41, 5.74) is 2.87. The highest BCUT2D eigenvalue weighted by Gasteiger charge is 2.05. The third kappa shape index (κ3) is 1.96. The van der Waals surface area contributed by atoms with Crippen molar-refractivity contribution in [3.8, 4) is 17.0 Å². The van der Waals surface area contributed by atoms with Crippen LogP contribution in [0.5, 0.6) is 5.75 Å². The van der Waals surface area contributed by atoms with Gasteiger partial charge in [0.2, 0.25) is 0 Å². The van der Waals surface area contributed by atoms with E-state index >= 15 is 0 Å². The first-order valence-corrected chi connectivity index (χ1v) is 4.73. The summed E-state index contributed by atoms with van der Waals surface area (Å²) in [4.78, 5) is 8.46. The minimum Gasteiger partial charge on any atom is -0.494 e. The Morgan fingerprint density at radius 3 is 2.80 bits per heavy atom. The Kier molecular flexibility index (Phi) is 2.63. The number of pyridine rings is 2. The molecule has 0 saturated heterocycles. The fraction of sp³-hybridized carbons (Fsp3) is 0.167. The van der Waals surface area contributed by atoms with Crippen molar-refractivity contribution >= 4 is 0 Å². The molecule has 2 heterocycles. The van der Waals surface area contributed by atoms with Crippen molar-refractivity contribution in [3.63, 3.8) is 0 Å². The van der Waals surface area contributed by atoms with Gasteiger partial charge in [0.15, 0.2) is 0 Å². The smallest absolute Gasteiger partial charge is 0.146 e. The minimum absolute atomic E-state index is 0.746. The number of ether oxygens (including phenoxy) is 1. The molecule has 0 aliphatic heterocycles. The zero-order chi connectivity index (χ0) is 10.7. The second-order valence-corrected chi connectivity index (χ2v) is 3.24. The number of rotatable bonds is 2. The summed E-state index contributed by atoms with van der Waals surface area (Å²) in [5.74, 6) is 0.746. The number of methoxy groups -OCH3 is 1. The molecular weight excluding hydrogens is 188 g/mol. The van der Waals surface area contributed by atoms with E-state index < -0.39 is 0 Å². The van der Waals surface area contributed by atoms with Crippen LogP contribution in [0, 0.1) is 6.92 Å². The van der Waals surface area contributed by atoms with Crippen LogP contribution in [-0.4, -0.2) is 17.1 Å². The predicted octanol–water partition coefficient (Wildman–Crippen LogP) is 2.46. The van der Waals surface area contributed by atoms with E-state index in [0.717, 1.165) is 22.7 Å². The van der Waals surface area contributed by atoms with Crippen molar-refractivity contribution in [2.75, 3.05) is 7.11 Å². The second-order valence-electron chi connectivity index (χ2n) is 3.24. The zero-order valence-corrected chi connectivity index (χ0v) is 8.77. The van der Waals surface area contributed by atoms with Gasteiger partial charge in [-0.1, -0.05) is 6.07 Å². The Morgan fingerprint density at radius 1 is 1.20 bits per heavy atom. The first kappa shape index (κ1) is 9.65. The summed E-state index contributed by atoms with van der Waals surface area (Å²) in [7, 11) is 1.64. The van der Waals surface area contributed by atoms with Crippen LogP contribution in [0.1, 0.15) is 5.69 Å². The average molecular weight is 200 g/mol. The van der Waals surface area contributed by atoms with E-state index in [1.54, 1.807) is 19.5 Å². The maximum absolute atomic E-state index is 5.24. The molecule has 0 amide bonds. The molecule has 0 aliphatic rings. The lowest BCUT2D eigenvalue weighted by molar-refractivity contribution is 0.414. The van der Waals surface area contributed by atoms with Crippen LogP contribution in [0.3, 0.4) is 0 Å². The van der Waals surface area contributed by atoms with Crippen LogP contribution in [0.15, 0.2) is 36.7 Å². The molecule has 0 spiro atoms. The van der Waals surface area contributed by atoms with Crippen molar-refractivity contribution in [2.45, 2.75) is 6.92 Å². The topological polar surface area (TPSA) is 35.0 Å². The maximum atomic E-state index is 5.24. The van der Waals surface area contributed by atoms with Gasteiger partial charge in [0.25, 0.3) is 0 Å². The molecule has 0 atom stereocenters. The number of hydrogen-bond acceptors (Lipinski definition) is 3. The summed E-state index contributed by atoms with van der Waals surface area (Å²) in [5, 5.41) is 0. The van der Waals surface area contributed by atoms with Crippen LogP contribution in [0.4, 0.5) is 0 Å². The monoisotopic (exact) mass is 200 g/mol. The number of nitrogens with zero attached hydrogens (tertiary/aromatic N) is 2. The van der Waals surface area contributed by atoms with E-state index in [0.29, 0.717) is 0 Å².